The molecule has 0 saturated carbocycles. The predicted octanol–water partition coefficient (Wildman–Crippen LogP) is 4.85. The number of benzene rings is 3. The molecule has 0 saturated heterocycles. The average molecular weight is 512 g/mol. The van der Waals surface area contributed by atoms with E-state index in [2.05, 4.69) is 10.5 Å². The fraction of sp³-hybridized carbons (Fsp3) is 0.231. The smallest absolute Gasteiger partial charge is 0.264 e. The Morgan fingerprint density at radius 2 is 1.63 bits per heavy atom. The van der Waals surface area contributed by atoms with Crippen LogP contribution in [0, 0.1) is 6.92 Å². The Morgan fingerprint density at radius 1 is 1.00 bits per heavy atom. The van der Waals surface area contributed by atoms with E-state index in [1.807, 2.05) is 44.4 Å². The van der Waals surface area contributed by atoms with Crippen LogP contribution in [0.2, 0.25) is 0 Å². The van der Waals surface area contributed by atoms with Gasteiger partial charge in [0.05, 0.1) is 22.9 Å². The number of carbonyl (C=O) groups excluding carboxylic acids is 1. The fourth-order valence-electron chi connectivity index (χ4n) is 3.24. The number of aryl methyl sites for hydroxylation is 1. The summed E-state index contributed by atoms with van der Waals surface area (Å²) in [7, 11) is -3.99. The molecule has 0 fully saturated rings. The summed E-state index contributed by atoms with van der Waals surface area (Å²) in [4.78, 5) is 13.9. The maximum absolute atomic E-state index is 13.5. The van der Waals surface area contributed by atoms with Crippen molar-refractivity contribution in [3.8, 4) is 5.75 Å². The van der Waals surface area contributed by atoms with Gasteiger partial charge in [0.2, 0.25) is 0 Å². The number of carbonyl (C=O) groups is 1. The zero-order chi connectivity index (χ0) is 25.4. The van der Waals surface area contributed by atoms with Crippen LogP contribution in [0.25, 0.3) is 0 Å². The van der Waals surface area contributed by atoms with Crippen LogP contribution >= 0.6 is 11.8 Å². The fourth-order valence-corrected chi connectivity index (χ4v) is 5.07. The van der Waals surface area contributed by atoms with Gasteiger partial charge in [-0.3, -0.25) is 9.10 Å². The van der Waals surface area contributed by atoms with Gasteiger partial charge in [0, 0.05) is 4.90 Å². The Kier molecular flexibility index (Phi) is 8.95. The summed E-state index contributed by atoms with van der Waals surface area (Å²) < 4.78 is 33.5. The zero-order valence-corrected chi connectivity index (χ0v) is 21.8. The molecular weight excluding hydrogens is 482 g/mol. The highest BCUT2D eigenvalue weighted by atomic mass is 32.2. The number of nitrogens with one attached hydrogen (secondary N) is 1. The lowest BCUT2D eigenvalue weighted by atomic mass is 10.1. The first-order valence-electron chi connectivity index (χ1n) is 11.0. The summed E-state index contributed by atoms with van der Waals surface area (Å²) in [5.74, 6) is 0.192. The molecule has 0 atom stereocenters. The van der Waals surface area contributed by atoms with Gasteiger partial charge in [-0.05, 0) is 93.3 Å². The second-order valence-electron chi connectivity index (χ2n) is 7.71. The van der Waals surface area contributed by atoms with E-state index in [1.54, 1.807) is 55.5 Å². The first-order valence-corrected chi connectivity index (χ1v) is 13.7. The van der Waals surface area contributed by atoms with Gasteiger partial charge in [0.1, 0.15) is 12.3 Å². The molecule has 1 amide bonds. The number of anilines is 1. The van der Waals surface area contributed by atoms with Gasteiger partial charge in [0.15, 0.2) is 0 Å². The molecule has 0 aromatic heterocycles. The summed E-state index contributed by atoms with van der Waals surface area (Å²) in [6.07, 6.45) is 1.92. The number of thioether (sulfide) groups is 1. The number of rotatable bonds is 10. The minimum absolute atomic E-state index is 0.109. The molecule has 0 radical (unpaired) electrons. The van der Waals surface area contributed by atoms with Crippen molar-refractivity contribution < 1.29 is 17.9 Å². The van der Waals surface area contributed by atoms with Crippen LogP contribution < -0.4 is 14.5 Å². The molecule has 3 rings (SSSR count). The molecule has 9 heteroatoms. The molecule has 184 valence electrons. The van der Waals surface area contributed by atoms with Crippen LogP contribution in [-0.2, 0) is 14.8 Å². The number of hydrazone groups is 1. The second kappa shape index (κ2) is 11.9. The van der Waals surface area contributed by atoms with Crippen LogP contribution in [0.5, 0.6) is 5.75 Å². The monoisotopic (exact) mass is 511 g/mol. The van der Waals surface area contributed by atoms with Gasteiger partial charge in [-0.1, -0.05) is 17.7 Å². The third-order valence-electron chi connectivity index (χ3n) is 5.19. The van der Waals surface area contributed by atoms with Crippen LogP contribution in [0.1, 0.15) is 25.0 Å². The van der Waals surface area contributed by atoms with Gasteiger partial charge < -0.3 is 4.74 Å². The van der Waals surface area contributed by atoms with Gasteiger partial charge in [-0.2, -0.15) is 5.10 Å². The highest BCUT2D eigenvalue weighted by Crippen LogP contribution is 2.25. The van der Waals surface area contributed by atoms with E-state index in [-0.39, 0.29) is 4.90 Å². The highest BCUT2D eigenvalue weighted by Gasteiger charge is 2.27. The summed E-state index contributed by atoms with van der Waals surface area (Å²) >= 11 is 1.52. The Bertz CT molecular complexity index is 1270. The third-order valence-corrected chi connectivity index (χ3v) is 7.72. The lowest BCUT2D eigenvalue weighted by Gasteiger charge is -2.24. The van der Waals surface area contributed by atoms with E-state index >= 15 is 0 Å². The molecule has 0 unspecified atom stereocenters. The van der Waals surface area contributed by atoms with E-state index in [0.29, 0.717) is 18.0 Å². The number of amides is 1. The highest BCUT2D eigenvalue weighted by molar-refractivity contribution is 7.98. The quantitative estimate of drug-likeness (QED) is 0.239. The van der Waals surface area contributed by atoms with Gasteiger partial charge >= 0.3 is 0 Å². The summed E-state index contributed by atoms with van der Waals surface area (Å²) in [5, 5.41) is 4.16. The Labute approximate surface area is 211 Å². The first-order chi connectivity index (χ1) is 16.7. The van der Waals surface area contributed by atoms with Crippen molar-refractivity contribution in [1.82, 2.24) is 5.43 Å². The number of hydrogen-bond acceptors (Lipinski definition) is 6. The number of ether oxygens (including phenoxy) is 1. The maximum atomic E-state index is 13.5. The molecule has 7 nitrogen and oxygen atoms in total. The van der Waals surface area contributed by atoms with E-state index in [1.165, 1.54) is 11.8 Å². The third kappa shape index (κ3) is 6.86. The minimum atomic E-state index is -3.99. The largest absolute Gasteiger partial charge is 0.494 e. The molecule has 0 aliphatic heterocycles. The Balaban J connectivity index is 1.82. The number of nitrogens with zero attached hydrogens (tertiary/aromatic N) is 2. The van der Waals surface area contributed by atoms with Crippen molar-refractivity contribution in [1.29, 1.82) is 0 Å². The Hall–Kier alpha value is -3.30. The number of hydrogen-bond donors (Lipinski definition) is 1. The van der Waals surface area contributed by atoms with E-state index in [4.69, 9.17) is 4.74 Å². The van der Waals surface area contributed by atoms with Crippen molar-refractivity contribution in [2.75, 3.05) is 23.7 Å². The van der Waals surface area contributed by atoms with Gasteiger partial charge in [0.25, 0.3) is 15.9 Å². The standard InChI is InChI=1S/C26H29N3O4S2/c1-5-33-23-12-8-21(9-13-23)20(3)27-28-26(30)18-29(22-10-6-19(2)7-11-22)35(31,32)25-16-14-24(34-4)15-17-25/h6-17H,5,18H2,1-4H3,(H,28,30)/b27-20-. The van der Waals surface area contributed by atoms with Crippen molar-refractivity contribution in [2.24, 2.45) is 5.10 Å². The first kappa shape index (κ1) is 26.3. The Morgan fingerprint density at radius 3 is 2.20 bits per heavy atom. The van der Waals surface area contributed by atoms with Crippen LogP contribution in [0.4, 0.5) is 5.69 Å². The number of sulfonamides is 1. The summed E-state index contributed by atoms with van der Waals surface area (Å²) in [6.45, 7) is 5.74. The van der Waals surface area contributed by atoms with Crippen molar-refractivity contribution >= 4 is 39.1 Å². The average Bonchev–Trinajstić information content (AvgIpc) is 2.87. The molecule has 0 aliphatic rings. The summed E-state index contributed by atoms with van der Waals surface area (Å²) in [5.41, 5.74) is 5.25. The lowest BCUT2D eigenvalue weighted by Crippen LogP contribution is -2.39. The van der Waals surface area contributed by atoms with Crippen molar-refractivity contribution in [3.05, 3.63) is 83.9 Å². The molecule has 1 N–H and O–H groups in total. The molecule has 0 spiro atoms. The molecular formula is C26H29N3O4S2. The topological polar surface area (TPSA) is 88.1 Å². The van der Waals surface area contributed by atoms with E-state index < -0.39 is 22.5 Å². The van der Waals surface area contributed by atoms with Gasteiger partial charge in [-0.25, -0.2) is 13.8 Å². The SMILES string of the molecule is CCOc1ccc(/C(C)=N\NC(=O)CN(c2ccc(C)cc2)S(=O)(=O)c2ccc(SC)cc2)cc1. The summed E-state index contributed by atoms with van der Waals surface area (Å²) in [6, 6.07) is 20.9. The van der Waals surface area contributed by atoms with E-state index in [9.17, 15) is 13.2 Å². The van der Waals surface area contributed by atoms with Crippen molar-refractivity contribution in [2.45, 2.75) is 30.6 Å². The van der Waals surface area contributed by atoms with Crippen LogP contribution in [-0.4, -0.2) is 39.4 Å². The van der Waals surface area contributed by atoms with Crippen LogP contribution in [0.15, 0.2) is 87.7 Å². The maximum Gasteiger partial charge on any atom is 0.264 e. The molecule has 3 aromatic carbocycles. The zero-order valence-electron chi connectivity index (χ0n) is 20.2. The van der Waals surface area contributed by atoms with Crippen molar-refractivity contribution in [3.63, 3.8) is 0 Å². The normalized spacial score (nSPS) is 11.7. The molecule has 0 heterocycles. The van der Waals surface area contributed by atoms with Crippen LogP contribution in [0.3, 0.4) is 0 Å². The second-order valence-corrected chi connectivity index (χ2v) is 10.5. The lowest BCUT2D eigenvalue weighted by molar-refractivity contribution is -0.119. The molecule has 35 heavy (non-hydrogen) atoms. The molecule has 0 aliphatic carbocycles. The van der Waals surface area contributed by atoms with E-state index in [0.717, 1.165) is 26.1 Å². The predicted molar refractivity (Wildman–Crippen MR) is 142 cm³/mol. The van der Waals surface area contributed by atoms with Gasteiger partial charge in [-0.15, -0.1) is 11.8 Å². The minimum Gasteiger partial charge on any atom is -0.494 e. The molecule has 3 aromatic rings. The molecule has 0 bridgehead atoms.